The Labute approximate surface area is 402 Å². The van der Waals surface area contributed by atoms with Crippen LogP contribution in [0.4, 0.5) is 13.2 Å². The first-order valence-electron chi connectivity index (χ1n) is 24.0. The number of alkyl halides is 1. The summed E-state index contributed by atoms with van der Waals surface area (Å²) in [6.45, 7) is 13.0. The number of aryl methyl sites for hydroxylation is 1. The number of aromatic nitrogens is 2. The zero-order chi connectivity index (χ0) is 48.9. The first-order chi connectivity index (χ1) is 32.3. The van der Waals surface area contributed by atoms with Gasteiger partial charge in [0.15, 0.2) is 0 Å². The number of fused-ring (bicyclic) bond motifs is 3. The van der Waals surface area contributed by atoms with Crippen molar-refractivity contribution in [3.8, 4) is 16.2 Å². The van der Waals surface area contributed by atoms with E-state index >= 15 is 13.2 Å². The summed E-state index contributed by atoms with van der Waals surface area (Å²) in [4.78, 5) is 52.8. The topological polar surface area (TPSA) is 140 Å². The monoisotopic (exact) mass is 956 g/mol. The molecule has 2 aromatic heterocycles. The molecule has 366 valence electrons. The molecule has 5 aromatic rings. The predicted octanol–water partition coefficient (Wildman–Crippen LogP) is 9.88. The van der Waals surface area contributed by atoms with E-state index in [1.54, 1.807) is 11.3 Å². The van der Waals surface area contributed by atoms with Crippen molar-refractivity contribution < 1.29 is 37.4 Å². The zero-order valence-corrected chi connectivity index (χ0v) is 41.2. The number of ether oxygens (including phenoxy) is 1. The van der Waals surface area contributed by atoms with Crippen molar-refractivity contribution in [1.29, 1.82) is 0 Å². The Bertz CT molecular complexity index is 2530. The number of β-amino-alcohol motifs (C(OH)–C–C–N with tert-alkyl or cyclic N) is 1. The fourth-order valence-electron chi connectivity index (χ4n) is 9.70. The van der Waals surface area contributed by atoms with Crippen LogP contribution < -0.4 is 15.4 Å². The van der Waals surface area contributed by atoms with Crippen molar-refractivity contribution in [2.45, 2.75) is 149 Å². The summed E-state index contributed by atoms with van der Waals surface area (Å²) in [5.41, 5.74) is 4.87. The lowest BCUT2D eigenvalue weighted by Gasteiger charge is -2.43. The highest BCUT2D eigenvalue weighted by molar-refractivity contribution is 7.13. The third kappa shape index (κ3) is 12.1. The third-order valence-corrected chi connectivity index (χ3v) is 14.2. The van der Waals surface area contributed by atoms with Crippen molar-refractivity contribution >= 4 is 40.0 Å². The SMILES string of the molecule is Cc1ncsc1-c1ccc(CNC(=O)[C@@H]2C[C@@H](O)CN2C(=O)[C@@H](NC(=O)CCCCCCCCOc2cc(F)c([C@@H]3c4[nH]c5ccccc5c4C[C@@H](C)N3CC(C)(C)F)c(F)c2)C(C)(C)C)cc1. The lowest BCUT2D eigenvalue weighted by Crippen LogP contribution is -2.57. The van der Waals surface area contributed by atoms with Crippen molar-refractivity contribution in [1.82, 2.24) is 30.4 Å². The number of unbranched alkanes of at least 4 members (excludes halogenated alkanes) is 5. The number of carbonyl (C=O) groups is 3. The number of para-hydroxylation sites is 1. The van der Waals surface area contributed by atoms with Gasteiger partial charge in [0.1, 0.15) is 35.1 Å². The number of hydrogen-bond acceptors (Lipinski definition) is 8. The van der Waals surface area contributed by atoms with E-state index in [-0.39, 0.29) is 68.3 Å². The largest absolute Gasteiger partial charge is 0.493 e. The van der Waals surface area contributed by atoms with Crippen LogP contribution in [0, 0.1) is 24.0 Å². The van der Waals surface area contributed by atoms with Gasteiger partial charge >= 0.3 is 0 Å². The Morgan fingerprint density at radius 1 is 0.971 bits per heavy atom. The van der Waals surface area contributed by atoms with Crippen molar-refractivity contribution in [3.05, 3.63) is 106 Å². The van der Waals surface area contributed by atoms with Crippen LogP contribution in [0.3, 0.4) is 0 Å². The number of aromatic amines is 1. The molecule has 3 aromatic carbocycles. The summed E-state index contributed by atoms with van der Waals surface area (Å²) in [6, 6.07) is 15.3. The molecule has 0 aliphatic carbocycles. The summed E-state index contributed by atoms with van der Waals surface area (Å²) in [6.07, 6.45) is 4.75. The van der Waals surface area contributed by atoms with Crippen molar-refractivity contribution in [3.63, 3.8) is 0 Å². The summed E-state index contributed by atoms with van der Waals surface area (Å²) in [5, 5.41) is 17.5. The molecule has 4 N–H and O–H groups in total. The molecule has 68 heavy (non-hydrogen) atoms. The van der Waals surface area contributed by atoms with Gasteiger partial charge in [-0.25, -0.2) is 18.2 Å². The molecule has 0 radical (unpaired) electrons. The van der Waals surface area contributed by atoms with E-state index in [0.717, 1.165) is 63.8 Å². The van der Waals surface area contributed by atoms with Gasteiger partial charge in [-0.2, -0.15) is 0 Å². The quantitative estimate of drug-likeness (QED) is 0.0605. The summed E-state index contributed by atoms with van der Waals surface area (Å²) in [7, 11) is 0. The van der Waals surface area contributed by atoms with E-state index in [1.807, 2.05) is 93.6 Å². The molecular formula is C53H67F3N6O5S. The van der Waals surface area contributed by atoms with E-state index in [9.17, 15) is 19.5 Å². The predicted molar refractivity (Wildman–Crippen MR) is 261 cm³/mol. The van der Waals surface area contributed by atoms with Gasteiger partial charge in [-0.1, -0.05) is 88.9 Å². The average molecular weight is 957 g/mol. The highest BCUT2D eigenvalue weighted by Crippen LogP contribution is 2.44. The summed E-state index contributed by atoms with van der Waals surface area (Å²) in [5.74, 6) is -2.41. The molecule has 15 heteroatoms. The van der Waals surface area contributed by atoms with Gasteiger partial charge in [0.2, 0.25) is 17.7 Å². The van der Waals surface area contributed by atoms with Crippen LogP contribution in [0.5, 0.6) is 5.75 Å². The average Bonchev–Trinajstić information content (AvgIpc) is 4.00. The van der Waals surface area contributed by atoms with Crippen LogP contribution in [0.15, 0.2) is 66.2 Å². The molecule has 0 spiro atoms. The molecule has 0 saturated carbocycles. The maximum atomic E-state index is 16.1. The third-order valence-electron chi connectivity index (χ3n) is 13.2. The van der Waals surface area contributed by atoms with Crippen LogP contribution in [0.25, 0.3) is 21.3 Å². The Balaban J connectivity index is 0.844. The zero-order valence-electron chi connectivity index (χ0n) is 40.4. The number of amides is 3. The number of benzene rings is 3. The smallest absolute Gasteiger partial charge is 0.246 e. The molecule has 0 bridgehead atoms. The molecule has 1 saturated heterocycles. The number of nitrogens with one attached hydrogen (secondary N) is 3. The number of halogens is 3. The standard InChI is InChI=1S/C53H67F3N6O5S/c1-32-24-39-38-16-13-14-17-42(38)59-46(39)47(62(32)30-53(6,7)56)45-40(54)26-37(27-41(45)55)67-23-15-11-9-8-10-12-18-44(64)60-49(52(3,4)5)51(66)61-29-36(63)25-43(61)50(65)57-28-34-19-21-35(22-20-34)48-33(2)58-31-68-48/h13-14,16-17,19-22,26-27,31-32,36,43,47,49,59,63H,8-12,15,18,23-25,28-30H2,1-7H3,(H,57,65)(H,60,64)/t32-,36-,43+,47-,49-/m1/s1. The van der Waals surface area contributed by atoms with E-state index in [0.29, 0.717) is 25.0 Å². The van der Waals surface area contributed by atoms with Crippen molar-refractivity contribution in [2.75, 3.05) is 19.7 Å². The van der Waals surface area contributed by atoms with Gasteiger partial charge in [0.25, 0.3) is 0 Å². The van der Waals surface area contributed by atoms with Gasteiger partial charge in [-0.3, -0.25) is 19.3 Å². The second kappa shape index (κ2) is 21.6. The molecule has 2 aliphatic rings. The number of thiazole rings is 1. The number of H-pyrrole nitrogens is 1. The number of nitrogens with zero attached hydrogens (tertiary/aromatic N) is 3. The molecule has 7 rings (SSSR count). The van der Waals surface area contributed by atoms with Gasteiger partial charge in [0.05, 0.1) is 34.8 Å². The second-order valence-corrected chi connectivity index (χ2v) is 21.2. The molecule has 11 nitrogen and oxygen atoms in total. The fourth-order valence-corrected chi connectivity index (χ4v) is 10.5. The minimum Gasteiger partial charge on any atom is -0.493 e. The van der Waals surface area contributed by atoms with Crippen LogP contribution in [0.2, 0.25) is 0 Å². The lowest BCUT2D eigenvalue weighted by atomic mass is 9.85. The number of carbonyl (C=O) groups excluding carboxylic acids is 3. The molecular weight excluding hydrogens is 890 g/mol. The molecule has 5 atom stereocenters. The first-order valence-corrected chi connectivity index (χ1v) is 24.9. The number of aliphatic hydroxyl groups is 1. The normalized spacial score (nSPS) is 19.2. The minimum absolute atomic E-state index is 0.000572. The lowest BCUT2D eigenvalue weighted by molar-refractivity contribution is -0.144. The fraction of sp³-hybridized carbons (Fsp3) is 0.509. The second-order valence-electron chi connectivity index (χ2n) is 20.4. The van der Waals surface area contributed by atoms with Gasteiger partial charge in [-0.15, -0.1) is 11.3 Å². The first kappa shape index (κ1) is 50.6. The minimum atomic E-state index is -1.59. The van der Waals surface area contributed by atoms with E-state index < -0.39 is 52.9 Å². The maximum Gasteiger partial charge on any atom is 0.246 e. The summed E-state index contributed by atoms with van der Waals surface area (Å²) >= 11 is 1.57. The highest BCUT2D eigenvalue weighted by atomic mass is 32.1. The Morgan fingerprint density at radius 3 is 2.31 bits per heavy atom. The Kier molecular flexibility index (Phi) is 16.1. The van der Waals surface area contributed by atoms with E-state index in [2.05, 4.69) is 20.6 Å². The van der Waals surface area contributed by atoms with Crippen LogP contribution in [-0.2, 0) is 27.3 Å². The van der Waals surface area contributed by atoms with Gasteiger partial charge < -0.3 is 30.4 Å². The number of aliphatic hydroxyl groups excluding tert-OH is 1. The number of likely N-dealkylation sites (tertiary alicyclic amines) is 1. The molecule has 0 unspecified atom stereocenters. The van der Waals surface area contributed by atoms with Gasteiger partial charge in [-0.05, 0) is 75.1 Å². The van der Waals surface area contributed by atoms with E-state index in [1.165, 1.54) is 30.9 Å². The molecule has 3 amide bonds. The van der Waals surface area contributed by atoms with Crippen LogP contribution in [0.1, 0.15) is 127 Å². The number of hydrogen-bond donors (Lipinski definition) is 4. The van der Waals surface area contributed by atoms with Gasteiger partial charge in [0, 0.05) is 72.8 Å². The highest BCUT2D eigenvalue weighted by Gasteiger charge is 2.45. The van der Waals surface area contributed by atoms with E-state index in [4.69, 9.17) is 4.74 Å². The summed E-state index contributed by atoms with van der Waals surface area (Å²) < 4.78 is 53.1. The molecule has 4 heterocycles. The maximum absolute atomic E-state index is 16.1. The van der Waals surface area contributed by atoms with Crippen LogP contribution in [-0.4, -0.2) is 92.2 Å². The Morgan fingerprint density at radius 2 is 1.65 bits per heavy atom. The molecule has 1 fully saturated rings. The molecule has 2 aliphatic heterocycles. The van der Waals surface area contributed by atoms with Crippen LogP contribution >= 0.6 is 11.3 Å². The number of rotatable bonds is 19. The Hall–Kier alpha value is -5.25. The van der Waals surface area contributed by atoms with Crippen molar-refractivity contribution in [2.24, 2.45) is 5.41 Å².